The second-order valence-electron chi connectivity index (χ2n) is 7.89. The van der Waals surface area contributed by atoms with Crippen molar-refractivity contribution in [3.63, 3.8) is 0 Å². The molecule has 0 saturated carbocycles. The van der Waals surface area contributed by atoms with E-state index in [2.05, 4.69) is 32.1 Å². The molecule has 0 fully saturated rings. The highest BCUT2D eigenvalue weighted by Gasteiger charge is 2.11. The lowest BCUT2D eigenvalue weighted by Gasteiger charge is -2.00. The van der Waals surface area contributed by atoms with Gasteiger partial charge in [-0.3, -0.25) is 0 Å². The van der Waals surface area contributed by atoms with E-state index in [-0.39, 0.29) is 19.8 Å². The smallest absolute Gasteiger partial charge is 0.137 e. The molecule has 0 aliphatic carbocycles. The minimum atomic E-state index is -0.167. The summed E-state index contributed by atoms with van der Waals surface area (Å²) < 4.78 is 0. The minimum Gasteiger partial charge on any atom is -0.390 e. The van der Waals surface area contributed by atoms with Gasteiger partial charge in [0.2, 0.25) is 0 Å². The molecular weight excluding hydrogens is 440 g/mol. The first kappa shape index (κ1) is 24.1. The number of aliphatic hydroxyl groups is 3. The lowest BCUT2D eigenvalue weighted by Crippen LogP contribution is -1.94. The van der Waals surface area contributed by atoms with Crippen LogP contribution in [0.3, 0.4) is 0 Å². The van der Waals surface area contributed by atoms with E-state index in [1.165, 1.54) is 5.56 Å². The van der Waals surface area contributed by atoms with Crippen molar-refractivity contribution in [1.82, 2.24) is 19.9 Å². The summed E-state index contributed by atoms with van der Waals surface area (Å²) in [6, 6.07) is 29.7. The van der Waals surface area contributed by atoms with Crippen molar-refractivity contribution in [2.75, 3.05) is 0 Å². The molecule has 35 heavy (non-hydrogen) atoms. The molecule has 7 heteroatoms. The van der Waals surface area contributed by atoms with Crippen LogP contribution in [-0.4, -0.2) is 35.3 Å². The molecule has 5 rings (SSSR count). The first-order chi connectivity index (χ1) is 17.2. The van der Waals surface area contributed by atoms with Crippen LogP contribution in [0.15, 0.2) is 91.0 Å². The van der Waals surface area contributed by atoms with Crippen molar-refractivity contribution < 1.29 is 15.3 Å². The van der Waals surface area contributed by atoms with Crippen molar-refractivity contribution >= 4 is 0 Å². The maximum absolute atomic E-state index is 9.47. The standard InChI is InChI=1S/C17H16N2O.C11H12N2O2/c20-12-16-15(11-13-7-3-1-4-8-13)18-17(19-16)14-9-5-2-6-10-14;14-6-9-10(7-15)13-11(12-9)8-4-2-1-3-5-8/h1-10,20H,11-12H2,(H,18,19);1-5,14-15H,6-7H2,(H,12,13). The monoisotopic (exact) mass is 468 g/mol. The van der Waals surface area contributed by atoms with Crippen LogP contribution in [0.2, 0.25) is 0 Å². The third-order valence-corrected chi connectivity index (χ3v) is 5.50. The van der Waals surface area contributed by atoms with Gasteiger partial charge in [0.15, 0.2) is 0 Å². The summed E-state index contributed by atoms with van der Waals surface area (Å²) in [7, 11) is 0. The van der Waals surface area contributed by atoms with Gasteiger partial charge in [0.1, 0.15) is 11.6 Å². The zero-order chi connectivity index (χ0) is 24.5. The SMILES string of the molecule is OCc1nc(-c2ccccc2)[nH]c1CO.OCc1nc(-c2ccccc2)[nH]c1Cc1ccccc1. The van der Waals surface area contributed by atoms with Crippen LogP contribution < -0.4 is 0 Å². The summed E-state index contributed by atoms with van der Waals surface area (Å²) in [5.74, 6) is 1.48. The fraction of sp³-hybridized carbons (Fsp3) is 0.143. The second kappa shape index (κ2) is 11.9. The molecule has 0 bridgehead atoms. The predicted octanol–water partition coefficient (Wildman–Crippen LogP) is 4.22. The summed E-state index contributed by atoms with van der Waals surface area (Å²) in [5.41, 5.74) is 5.91. The highest BCUT2D eigenvalue weighted by atomic mass is 16.3. The van der Waals surface area contributed by atoms with Crippen LogP contribution in [0.25, 0.3) is 22.8 Å². The number of aromatic nitrogens is 4. The van der Waals surface area contributed by atoms with Crippen molar-refractivity contribution in [3.05, 3.63) is 119 Å². The molecule has 0 aliphatic heterocycles. The number of imidazole rings is 2. The second-order valence-corrected chi connectivity index (χ2v) is 7.89. The third-order valence-electron chi connectivity index (χ3n) is 5.50. The van der Waals surface area contributed by atoms with Crippen LogP contribution in [0.5, 0.6) is 0 Å². The summed E-state index contributed by atoms with van der Waals surface area (Å²) in [6.45, 7) is -0.361. The Morgan fingerprint density at radius 2 is 0.943 bits per heavy atom. The number of benzene rings is 3. The highest BCUT2D eigenvalue weighted by molar-refractivity contribution is 5.56. The molecule has 0 aliphatic rings. The number of hydrogen-bond donors (Lipinski definition) is 5. The Labute approximate surface area is 203 Å². The molecule has 0 saturated heterocycles. The maximum atomic E-state index is 9.47. The maximum Gasteiger partial charge on any atom is 0.137 e. The van der Waals surface area contributed by atoms with Gasteiger partial charge in [0.25, 0.3) is 0 Å². The van der Waals surface area contributed by atoms with Gasteiger partial charge in [-0.25, -0.2) is 9.97 Å². The Balaban J connectivity index is 0.000000172. The van der Waals surface area contributed by atoms with Gasteiger partial charge in [-0.05, 0) is 5.56 Å². The molecule has 0 amide bonds. The molecule has 3 aromatic carbocycles. The Bertz CT molecular complexity index is 1300. The topological polar surface area (TPSA) is 118 Å². The number of aromatic amines is 2. The molecule has 2 aromatic heterocycles. The van der Waals surface area contributed by atoms with Crippen molar-refractivity contribution in [2.24, 2.45) is 0 Å². The molecule has 5 N–H and O–H groups in total. The Kier molecular flexibility index (Phi) is 8.19. The fourth-order valence-corrected chi connectivity index (χ4v) is 3.69. The molecule has 178 valence electrons. The Morgan fingerprint density at radius 1 is 0.514 bits per heavy atom. The third kappa shape index (κ3) is 6.10. The molecule has 0 atom stereocenters. The normalized spacial score (nSPS) is 10.6. The molecule has 0 spiro atoms. The number of nitrogens with zero attached hydrogens (tertiary/aromatic N) is 2. The van der Waals surface area contributed by atoms with E-state index in [1.807, 2.05) is 78.9 Å². The summed E-state index contributed by atoms with van der Waals surface area (Å²) in [6.07, 6.45) is 0.747. The van der Waals surface area contributed by atoms with Gasteiger partial charge in [0.05, 0.1) is 36.9 Å². The van der Waals surface area contributed by atoms with Crippen LogP contribution in [0, 0.1) is 0 Å². The van der Waals surface area contributed by atoms with Gasteiger partial charge in [-0.1, -0.05) is 91.0 Å². The predicted molar refractivity (Wildman–Crippen MR) is 135 cm³/mol. The molecular formula is C28H28N4O3. The zero-order valence-electron chi connectivity index (χ0n) is 19.2. The average Bonchev–Trinajstić information content (AvgIpc) is 3.54. The minimum absolute atomic E-state index is 0.0501. The van der Waals surface area contributed by atoms with Crippen molar-refractivity contribution in [2.45, 2.75) is 26.2 Å². The van der Waals surface area contributed by atoms with Crippen LogP contribution in [0.1, 0.15) is 28.3 Å². The van der Waals surface area contributed by atoms with Crippen LogP contribution in [-0.2, 0) is 26.2 Å². The summed E-state index contributed by atoms with van der Waals surface area (Å²) in [4.78, 5) is 15.0. The quantitative estimate of drug-likeness (QED) is 0.245. The zero-order valence-corrected chi connectivity index (χ0v) is 19.2. The molecule has 2 heterocycles. The number of H-pyrrole nitrogens is 2. The van der Waals surface area contributed by atoms with Crippen molar-refractivity contribution in [3.8, 4) is 22.8 Å². The first-order valence-corrected chi connectivity index (χ1v) is 11.3. The van der Waals surface area contributed by atoms with Gasteiger partial charge in [-0.15, -0.1) is 0 Å². The Hall–Kier alpha value is -4.04. The van der Waals surface area contributed by atoms with Gasteiger partial charge < -0.3 is 25.3 Å². The highest BCUT2D eigenvalue weighted by Crippen LogP contribution is 2.20. The van der Waals surface area contributed by atoms with E-state index in [9.17, 15) is 5.11 Å². The van der Waals surface area contributed by atoms with Gasteiger partial charge >= 0.3 is 0 Å². The molecule has 5 aromatic rings. The average molecular weight is 469 g/mol. The van der Waals surface area contributed by atoms with Crippen LogP contribution in [0.4, 0.5) is 0 Å². The lowest BCUT2D eigenvalue weighted by atomic mass is 10.1. The molecule has 7 nitrogen and oxygen atoms in total. The Morgan fingerprint density at radius 3 is 1.37 bits per heavy atom. The fourth-order valence-electron chi connectivity index (χ4n) is 3.69. The van der Waals surface area contributed by atoms with E-state index in [1.54, 1.807) is 0 Å². The first-order valence-electron chi connectivity index (χ1n) is 11.3. The lowest BCUT2D eigenvalue weighted by molar-refractivity contribution is 0.255. The van der Waals surface area contributed by atoms with E-state index in [0.29, 0.717) is 22.9 Å². The largest absolute Gasteiger partial charge is 0.390 e. The number of aliphatic hydroxyl groups excluding tert-OH is 3. The summed E-state index contributed by atoms with van der Waals surface area (Å²) in [5, 5.41) is 27.5. The van der Waals surface area contributed by atoms with Crippen LogP contribution >= 0.6 is 0 Å². The van der Waals surface area contributed by atoms with Gasteiger partial charge in [0, 0.05) is 23.2 Å². The van der Waals surface area contributed by atoms with E-state index in [0.717, 1.165) is 29.1 Å². The molecule has 0 unspecified atom stereocenters. The number of hydrogen-bond acceptors (Lipinski definition) is 5. The number of nitrogens with one attached hydrogen (secondary N) is 2. The van der Waals surface area contributed by atoms with Gasteiger partial charge in [-0.2, -0.15) is 0 Å². The van der Waals surface area contributed by atoms with E-state index < -0.39 is 0 Å². The summed E-state index contributed by atoms with van der Waals surface area (Å²) >= 11 is 0. The number of rotatable bonds is 7. The molecule has 0 radical (unpaired) electrons. The van der Waals surface area contributed by atoms with E-state index in [4.69, 9.17) is 10.2 Å². The van der Waals surface area contributed by atoms with Crippen molar-refractivity contribution in [1.29, 1.82) is 0 Å². The van der Waals surface area contributed by atoms with E-state index >= 15 is 0 Å².